The Morgan fingerprint density at radius 2 is 1.82 bits per heavy atom. The molecule has 2 aromatic carbocycles. The van der Waals surface area contributed by atoms with E-state index in [-0.39, 0.29) is 48.9 Å². The lowest BCUT2D eigenvalue weighted by atomic mass is 9.70. The van der Waals surface area contributed by atoms with Crippen molar-refractivity contribution in [2.45, 2.75) is 68.3 Å². The minimum atomic E-state index is -1.22. The van der Waals surface area contributed by atoms with Gasteiger partial charge in [-0.15, -0.1) is 18.3 Å². The van der Waals surface area contributed by atoms with Gasteiger partial charge in [0.15, 0.2) is 0 Å². The fourth-order valence-corrected chi connectivity index (χ4v) is 8.87. The van der Waals surface area contributed by atoms with Crippen LogP contribution in [0.3, 0.4) is 0 Å². The average Bonchev–Trinajstić information content (AvgIpc) is 3.84. The summed E-state index contributed by atoms with van der Waals surface area (Å²) in [5.41, 5.74) is 0.906. The topological polar surface area (TPSA) is 130 Å². The first-order valence-electron chi connectivity index (χ1n) is 17.4. The van der Waals surface area contributed by atoms with Gasteiger partial charge in [-0.05, 0) is 62.6 Å². The van der Waals surface area contributed by atoms with Gasteiger partial charge in [-0.3, -0.25) is 14.4 Å². The Hall–Kier alpha value is -4.07. The molecular formula is C37H45BrN6O6. The molecule has 3 aliphatic heterocycles. The Balaban J connectivity index is 1.36. The molecule has 3 amide bonds. The number of para-hydroxylation sites is 1. The Morgan fingerprint density at radius 1 is 1.08 bits per heavy atom. The highest BCUT2D eigenvalue weighted by molar-refractivity contribution is 9.09. The summed E-state index contributed by atoms with van der Waals surface area (Å²) in [6, 6.07) is 13.8. The number of aliphatic hydroxyl groups excluding tert-OH is 1. The van der Waals surface area contributed by atoms with Crippen molar-refractivity contribution in [1.29, 1.82) is 0 Å². The van der Waals surface area contributed by atoms with Crippen LogP contribution in [-0.2, 0) is 25.8 Å². The number of likely N-dealkylation sites (tertiary alicyclic amines) is 1. The lowest BCUT2D eigenvalue weighted by molar-refractivity contribution is -0.149. The molecule has 3 aromatic rings. The van der Waals surface area contributed by atoms with Gasteiger partial charge in [0.2, 0.25) is 17.7 Å². The summed E-state index contributed by atoms with van der Waals surface area (Å²) in [6.07, 6.45) is 5.98. The molecular weight excluding hydrogens is 704 g/mol. The fraction of sp³-hybridized carbons (Fsp3) is 0.486. The molecule has 0 aliphatic carbocycles. The second kappa shape index (κ2) is 15.4. The maximum atomic E-state index is 14.9. The first kappa shape index (κ1) is 35.7. The van der Waals surface area contributed by atoms with E-state index in [1.54, 1.807) is 31.5 Å². The maximum absolute atomic E-state index is 14.9. The summed E-state index contributed by atoms with van der Waals surface area (Å²) in [5, 5.41) is 17.9. The molecule has 50 heavy (non-hydrogen) atoms. The smallest absolute Gasteiger partial charge is 0.250 e. The number of amides is 3. The number of carbonyl (C=O) groups excluding carboxylic acids is 3. The van der Waals surface area contributed by atoms with Crippen LogP contribution in [0.5, 0.6) is 5.75 Å². The zero-order valence-electron chi connectivity index (χ0n) is 28.4. The number of hydrogen-bond acceptors (Lipinski definition) is 8. The maximum Gasteiger partial charge on any atom is 0.250 e. The summed E-state index contributed by atoms with van der Waals surface area (Å²) in [4.78, 5) is 48.9. The first-order valence-corrected chi connectivity index (χ1v) is 18.3. The van der Waals surface area contributed by atoms with Crippen LogP contribution < -0.4 is 9.64 Å². The van der Waals surface area contributed by atoms with Crippen molar-refractivity contribution in [2.75, 3.05) is 37.7 Å². The summed E-state index contributed by atoms with van der Waals surface area (Å²) in [6.45, 7) is 11.2. The Kier molecular flexibility index (Phi) is 11.0. The monoisotopic (exact) mass is 748 g/mol. The van der Waals surface area contributed by atoms with E-state index in [2.05, 4.69) is 39.4 Å². The molecule has 6 rings (SSSR count). The van der Waals surface area contributed by atoms with Crippen LogP contribution in [0.4, 0.5) is 5.69 Å². The van der Waals surface area contributed by atoms with Crippen molar-refractivity contribution in [2.24, 2.45) is 11.8 Å². The Bertz CT molecular complexity index is 1720. The first-order chi connectivity index (χ1) is 24.3. The number of fused-ring (bicyclic) bond motifs is 2. The van der Waals surface area contributed by atoms with Gasteiger partial charge in [0.25, 0.3) is 0 Å². The number of aromatic nitrogens is 3. The number of nitrogens with zero attached hydrogens (tertiary/aromatic N) is 6. The summed E-state index contributed by atoms with van der Waals surface area (Å²) < 4.78 is 14.1. The van der Waals surface area contributed by atoms with Crippen LogP contribution >= 0.6 is 15.9 Å². The highest BCUT2D eigenvalue weighted by atomic mass is 79.9. The molecule has 6 atom stereocenters. The van der Waals surface area contributed by atoms with Gasteiger partial charge >= 0.3 is 0 Å². The number of anilines is 1. The molecule has 1 aromatic heterocycles. The molecule has 12 nitrogen and oxygen atoms in total. The molecule has 4 heterocycles. The molecule has 2 bridgehead atoms. The van der Waals surface area contributed by atoms with Gasteiger partial charge in [0.1, 0.15) is 29.6 Å². The zero-order valence-corrected chi connectivity index (χ0v) is 30.0. The van der Waals surface area contributed by atoms with Crippen LogP contribution in [0.2, 0.25) is 0 Å². The molecule has 0 saturated carbocycles. The lowest BCUT2D eigenvalue weighted by Gasteiger charge is -2.37. The van der Waals surface area contributed by atoms with E-state index in [1.807, 2.05) is 55.5 Å². The molecule has 0 radical (unpaired) electrons. The minimum absolute atomic E-state index is 0.0928. The molecule has 3 fully saturated rings. The van der Waals surface area contributed by atoms with Gasteiger partial charge in [0, 0.05) is 36.8 Å². The van der Waals surface area contributed by atoms with E-state index in [1.165, 1.54) is 0 Å². The van der Waals surface area contributed by atoms with Crippen molar-refractivity contribution < 1.29 is 29.0 Å². The van der Waals surface area contributed by atoms with Crippen molar-refractivity contribution in [3.8, 4) is 5.75 Å². The van der Waals surface area contributed by atoms with Crippen molar-refractivity contribution >= 4 is 50.4 Å². The number of carbonyl (C=O) groups is 3. The molecule has 266 valence electrons. The number of halogens is 1. The SMILES string of the molecule is C=CCN(Cn1nnc2ccccc21)C(=O)C1N(CCCCCCO)C(=O)[C@@H]2[C@@H](C(=O)N(CC=C)c3ccc(OCC)cc3)[C@@H]3OC12CC3Br. The van der Waals surface area contributed by atoms with Gasteiger partial charge in [-0.2, -0.15) is 0 Å². The number of benzene rings is 2. The number of unbranched alkanes of at least 4 members (excludes halogenated alkanes) is 3. The number of hydrogen-bond donors (Lipinski definition) is 1. The predicted octanol–water partition coefficient (Wildman–Crippen LogP) is 4.32. The third-order valence-electron chi connectivity index (χ3n) is 10.0. The predicted molar refractivity (Wildman–Crippen MR) is 193 cm³/mol. The zero-order chi connectivity index (χ0) is 35.4. The number of alkyl halides is 1. The number of rotatable bonds is 17. The average molecular weight is 750 g/mol. The highest BCUT2D eigenvalue weighted by Crippen LogP contribution is 2.60. The van der Waals surface area contributed by atoms with Crippen LogP contribution in [-0.4, -0.2) is 103 Å². The van der Waals surface area contributed by atoms with Gasteiger partial charge in [0.05, 0.1) is 30.1 Å². The Morgan fingerprint density at radius 3 is 2.54 bits per heavy atom. The van der Waals surface area contributed by atoms with Crippen molar-refractivity contribution in [1.82, 2.24) is 24.8 Å². The highest BCUT2D eigenvalue weighted by Gasteiger charge is 2.76. The van der Waals surface area contributed by atoms with E-state index < -0.39 is 29.6 Å². The third kappa shape index (κ3) is 6.46. The number of ether oxygens (including phenoxy) is 2. The van der Waals surface area contributed by atoms with E-state index in [9.17, 15) is 19.5 Å². The summed E-state index contributed by atoms with van der Waals surface area (Å²) >= 11 is 3.80. The molecule has 1 spiro atoms. The summed E-state index contributed by atoms with van der Waals surface area (Å²) in [5.74, 6) is -1.78. The number of aliphatic hydroxyl groups is 1. The molecule has 3 aliphatic rings. The largest absolute Gasteiger partial charge is 0.494 e. The normalized spacial score (nSPS) is 25.1. The van der Waals surface area contributed by atoms with Crippen molar-refractivity contribution in [3.63, 3.8) is 0 Å². The molecule has 13 heteroatoms. The van der Waals surface area contributed by atoms with Gasteiger partial charge in [-0.25, -0.2) is 4.68 Å². The van der Waals surface area contributed by atoms with Crippen LogP contribution in [0.25, 0.3) is 11.0 Å². The lowest BCUT2D eigenvalue weighted by Crippen LogP contribution is -2.57. The van der Waals surface area contributed by atoms with E-state index in [0.717, 1.165) is 18.4 Å². The van der Waals surface area contributed by atoms with Crippen molar-refractivity contribution in [3.05, 3.63) is 73.8 Å². The quantitative estimate of drug-likeness (QED) is 0.123. The second-order valence-electron chi connectivity index (χ2n) is 13.1. The van der Waals surface area contributed by atoms with Gasteiger partial charge < -0.3 is 29.3 Å². The molecule has 3 unspecified atom stereocenters. The van der Waals surface area contributed by atoms with E-state index >= 15 is 0 Å². The third-order valence-corrected chi connectivity index (χ3v) is 10.9. The molecule has 3 saturated heterocycles. The van der Waals surface area contributed by atoms with Crippen LogP contribution in [0.1, 0.15) is 39.0 Å². The summed E-state index contributed by atoms with van der Waals surface area (Å²) in [7, 11) is 0. The Labute approximate surface area is 300 Å². The van der Waals surface area contributed by atoms with Crippen LogP contribution in [0, 0.1) is 11.8 Å². The standard InChI is InChI=1S/C37H45BrN6O6/c1-4-19-41(24-44-29-14-10-9-13-28(29)39-40-44)36(48)33-37-23-27(38)32(50-37)30(31(37)35(47)43(33)21-11-7-8-12-22-45)34(46)42(20-5-2)25-15-17-26(18-16-25)49-6-3/h4-5,9-10,13-18,27,30-33,45H,1-2,6-8,11-12,19-24H2,3H3/t27?,30-,31+,32-,33?,37?/m1/s1. The molecule has 1 N–H and O–H groups in total. The fourth-order valence-electron chi connectivity index (χ4n) is 7.93. The van der Waals surface area contributed by atoms with E-state index in [0.29, 0.717) is 49.4 Å². The van der Waals surface area contributed by atoms with Crippen LogP contribution in [0.15, 0.2) is 73.8 Å². The second-order valence-corrected chi connectivity index (χ2v) is 14.2. The minimum Gasteiger partial charge on any atom is -0.494 e. The van der Waals surface area contributed by atoms with Gasteiger partial charge in [-0.1, -0.05) is 58.3 Å². The van der Waals surface area contributed by atoms with E-state index in [4.69, 9.17) is 9.47 Å².